The molecular formula is C18H16O5. The van der Waals surface area contributed by atoms with E-state index in [4.69, 9.17) is 9.47 Å². The Bertz CT molecular complexity index is 714. The van der Waals surface area contributed by atoms with Crippen molar-refractivity contribution in [2.45, 2.75) is 20.3 Å². The standard InChI is InChI=1S/C18H16O5/c1-3-17(20)13-4-8-16(9-5-13)23-18(21)14-6-10-15(11-7-14)22-12(2)19/h4-11H,3H2,1-2H3. The molecule has 0 heterocycles. The summed E-state index contributed by atoms with van der Waals surface area (Å²) in [7, 11) is 0. The van der Waals surface area contributed by atoms with E-state index in [9.17, 15) is 14.4 Å². The molecule has 0 aliphatic carbocycles. The van der Waals surface area contributed by atoms with Crippen molar-refractivity contribution in [3.8, 4) is 11.5 Å². The van der Waals surface area contributed by atoms with Gasteiger partial charge in [0.2, 0.25) is 0 Å². The van der Waals surface area contributed by atoms with E-state index < -0.39 is 11.9 Å². The number of carbonyl (C=O) groups is 3. The molecule has 5 heteroatoms. The maximum absolute atomic E-state index is 12.0. The number of ether oxygens (including phenoxy) is 2. The van der Waals surface area contributed by atoms with Gasteiger partial charge in [0.05, 0.1) is 5.56 Å². The van der Waals surface area contributed by atoms with Crippen LogP contribution in [0.3, 0.4) is 0 Å². The molecule has 5 nitrogen and oxygen atoms in total. The molecule has 0 fully saturated rings. The SMILES string of the molecule is CCC(=O)c1ccc(OC(=O)c2ccc(OC(C)=O)cc2)cc1. The Labute approximate surface area is 133 Å². The van der Waals surface area contributed by atoms with Gasteiger partial charge in [-0.25, -0.2) is 4.79 Å². The molecule has 118 valence electrons. The number of carbonyl (C=O) groups excluding carboxylic acids is 3. The lowest BCUT2D eigenvalue weighted by Crippen LogP contribution is -2.09. The summed E-state index contributed by atoms with van der Waals surface area (Å²) in [4.78, 5) is 34.4. The molecule has 0 spiro atoms. The molecule has 0 unspecified atom stereocenters. The number of Topliss-reactive ketones (excluding diaryl/α,β-unsaturated/α-hetero) is 1. The monoisotopic (exact) mass is 312 g/mol. The number of hydrogen-bond acceptors (Lipinski definition) is 5. The lowest BCUT2D eigenvalue weighted by atomic mass is 10.1. The van der Waals surface area contributed by atoms with Crippen molar-refractivity contribution >= 4 is 17.7 Å². The van der Waals surface area contributed by atoms with Crippen molar-refractivity contribution in [2.75, 3.05) is 0 Å². The Hall–Kier alpha value is -2.95. The van der Waals surface area contributed by atoms with Crippen LogP contribution in [0.15, 0.2) is 48.5 Å². The Balaban J connectivity index is 2.03. The van der Waals surface area contributed by atoms with E-state index in [1.54, 1.807) is 31.2 Å². The minimum atomic E-state index is -0.533. The average Bonchev–Trinajstić information content (AvgIpc) is 2.55. The van der Waals surface area contributed by atoms with E-state index in [1.807, 2.05) is 0 Å². The molecule has 0 saturated carbocycles. The van der Waals surface area contributed by atoms with Gasteiger partial charge in [0, 0.05) is 18.9 Å². The predicted molar refractivity (Wildman–Crippen MR) is 83.8 cm³/mol. The van der Waals surface area contributed by atoms with Crippen LogP contribution in [0.5, 0.6) is 11.5 Å². The largest absolute Gasteiger partial charge is 0.427 e. The summed E-state index contributed by atoms with van der Waals surface area (Å²) < 4.78 is 10.1. The van der Waals surface area contributed by atoms with Crippen LogP contribution in [0.25, 0.3) is 0 Å². The first-order valence-corrected chi connectivity index (χ1v) is 7.13. The van der Waals surface area contributed by atoms with Crippen LogP contribution in [0.2, 0.25) is 0 Å². The number of rotatable bonds is 5. The molecule has 0 atom stereocenters. The van der Waals surface area contributed by atoms with Crippen LogP contribution in [0.4, 0.5) is 0 Å². The molecule has 0 bridgehead atoms. The lowest BCUT2D eigenvalue weighted by molar-refractivity contribution is -0.131. The van der Waals surface area contributed by atoms with Crippen LogP contribution < -0.4 is 9.47 Å². The normalized spacial score (nSPS) is 10.0. The van der Waals surface area contributed by atoms with Crippen LogP contribution in [0.1, 0.15) is 41.0 Å². The molecular weight excluding hydrogens is 296 g/mol. The van der Waals surface area contributed by atoms with Crippen molar-refractivity contribution in [1.82, 2.24) is 0 Å². The predicted octanol–water partition coefficient (Wildman–Crippen LogP) is 3.42. The zero-order valence-electron chi connectivity index (χ0n) is 12.9. The van der Waals surface area contributed by atoms with Gasteiger partial charge in [0.1, 0.15) is 11.5 Å². The topological polar surface area (TPSA) is 69.7 Å². The minimum absolute atomic E-state index is 0.0314. The van der Waals surface area contributed by atoms with Crippen molar-refractivity contribution in [3.63, 3.8) is 0 Å². The summed E-state index contributed by atoms with van der Waals surface area (Å²) in [6.07, 6.45) is 0.424. The summed E-state index contributed by atoms with van der Waals surface area (Å²) in [5.74, 6) is -0.219. The molecule has 0 aromatic heterocycles. The first-order chi connectivity index (χ1) is 11.0. The summed E-state index contributed by atoms with van der Waals surface area (Å²) in [5, 5.41) is 0. The molecule has 0 amide bonds. The third kappa shape index (κ3) is 4.51. The second-order valence-corrected chi connectivity index (χ2v) is 4.81. The molecule has 2 aromatic rings. The Kier molecular flexibility index (Phi) is 5.25. The Morgan fingerprint density at radius 1 is 0.783 bits per heavy atom. The van der Waals surface area contributed by atoms with Crippen LogP contribution in [-0.2, 0) is 4.79 Å². The van der Waals surface area contributed by atoms with Crippen molar-refractivity contribution in [3.05, 3.63) is 59.7 Å². The van der Waals surface area contributed by atoms with Gasteiger partial charge in [-0.3, -0.25) is 9.59 Å². The summed E-state index contributed by atoms with van der Waals surface area (Å²) in [6, 6.07) is 12.5. The molecule has 0 N–H and O–H groups in total. The van der Waals surface area contributed by atoms with E-state index in [2.05, 4.69) is 0 Å². The number of ketones is 1. The van der Waals surface area contributed by atoms with Crippen molar-refractivity contribution in [1.29, 1.82) is 0 Å². The number of hydrogen-bond donors (Lipinski definition) is 0. The third-order valence-electron chi connectivity index (χ3n) is 3.06. The van der Waals surface area contributed by atoms with E-state index in [1.165, 1.54) is 31.2 Å². The second-order valence-electron chi connectivity index (χ2n) is 4.81. The Morgan fingerprint density at radius 2 is 1.26 bits per heavy atom. The van der Waals surface area contributed by atoms with E-state index in [0.717, 1.165) is 0 Å². The second kappa shape index (κ2) is 7.35. The molecule has 2 aromatic carbocycles. The van der Waals surface area contributed by atoms with Crippen LogP contribution in [0, 0.1) is 0 Å². The van der Waals surface area contributed by atoms with E-state index >= 15 is 0 Å². The van der Waals surface area contributed by atoms with Gasteiger partial charge in [-0.2, -0.15) is 0 Å². The fraction of sp³-hybridized carbons (Fsp3) is 0.167. The quantitative estimate of drug-likeness (QED) is 0.480. The fourth-order valence-corrected chi connectivity index (χ4v) is 1.90. The molecule has 2 rings (SSSR count). The molecule has 0 aliphatic heterocycles. The number of esters is 2. The molecule has 23 heavy (non-hydrogen) atoms. The van der Waals surface area contributed by atoms with E-state index in [-0.39, 0.29) is 5.78 Å². The number of benzene rings is 2. The van der Waals surface area contributed by atoms with E-state index in [0.29, 0.717) is 29.0 Å². The summed E-state index contributed by atoms with van der Waals surface area (Å²) >= 11 is 0. The first kappa shape index (κ1) is 16.4. The maximum atomic E-state index is 12.0. The summed E-state index contributed by atoms with van der Waals surface area (Å²) in [6.45, 7) is 3.09. The zero-order chi connectivity index (χ0) is 16.8. The van der Waals surface area contributed by atoms with Gasteiger partial charge in [0.15, 0.2) is 5.78 Å². The minimum Gasteiger partial charge on any atom is -0.427 e. The smallest absolute Gasteiger partial charge is 0.343 e. The van der Waals surface area contributed by atoms with Gasteiger partial charge >= 0.3 is 11.9 Å². The molecule has 0 aliphatic rings. The summed E-state index contributed by atoms with van der Waals surface area (Å²) in [5.41, 5.74) is 0.910. The Morgan fingerprint density at radius 3 is 1.74 bits per heavy atom. The van der Waals surface area contributed by atoms with Crippen LogP contribution in [-0.4, -0.2) is 17.7 Å². The highest BCUT2D eigenvalue weighted by Crippen LogP contribution is 2.17. The van der Waals surface area contributed by atoms with Gasteiger partial charge in [-0.15, -0.1) is 0 Å². The zero-order valence-corrected chi connectivity index (χ0v) is 12.9. The average molecular weight is 312 g/mol. The highest BCUT2D eigenvalue weighted by molar-refractivity contribution is 5.96. The lowest BCUT2D eigenvalue weighted by Gasteiger charge is -2.06. The highest BCUT2D eigenvalue weighted by Gasteiger charge is 2.10. The molecule has 0 radical (unpaired) electrons. The first-order valence-electron chi connectivity index (χ1n) is 7.13. The van der Waals surface area contributed by atoms with Gasteiger partial charge in [-0.05, 0) is 48.5 Å². The highest BCUT2D eigenvalue weighted by atomic mass is 16.5. The van der Waals surface area contributed by atoms with Gasteiger partial charge in [-0.1, -0.05) is 6.92 Å². The van der Waals surface area contributed by atoms with Gasteiger partial charge < -0.3 is 9.47 Å². The fourth-order valence-electron chi connectivity index (χ4n) is 1.90. The van der Waals surface area contributed by atoms with Crippen LogP contribution >= 0.6 is 0 Å². The van der Waals surface area contributed by atoms with Gasteiger partial charge in [0.25, 0.3) is 0 Å². The van der Waals surface area contributed by atoms with Crippen molar-refractivity contribution < 1.29 is 23.9 Å². The molecule has 0 saturated heterocycles. The maximum Gasteiger partial charge on any atom is 0.343 e. The third-order valence-corrected chi connectivity index (χ3v) is 3.06. The van der Waals surface area contributed by atoms with Crippen molar-refractivity contribution in [2.24, 2.45) is 0 Å².